The van der Waals surface area contributed by atoms with E-state index in [0.717, 1.165) is 44.9 Å². The first-order valence-corrected chi connectivity index (χ1v) is 8.88. The van der Waals surface area contributed by atoms with Crippen LogP contribution in [-0.4, -0.2) is 35.8 Å². The molecule has 2 aliphatic rings. The van der Waals surface area contributed by atoms with Gasteiger partial charge in [0.2, 0.25) is 17.7 Å². The Balaban J connectivity index is 1.97. The van der Waals surface area contributed by atoms with E-state index in [1.54, 1.807) is 0 Å². The number of carbonyl (C=O) groups excluding carboxylic acids is 3. The number of hydrogen-bond donors (Lipinski definition) is 3. The summed E-state index contributed by atoms with van der Waals surface area (Å²) in [6.07, 6.45) is 9.96. The van der Waals surface area contributed by atoms with Crippen molar-refractivity contribution in [3.8, 4) is 0 Å². The Bertz CT molecular complexity index is 438. The lowest BCUT2D eigenvalue weighted by Gasteiger charge is -2.38. The van der Waals surface area contributed by atoms with Gasteiger partial charge in [-0.25, -0.2) is 0 Å². The smallest absolute Gasteiger partial charge is 0.245 e. The number of rotatable bonds is 5. The third kappa shape index (κ3) is 5.22. The van der Waals surface area contributed by atoms with Crippen LogP contribution in [0.4, 0.5) is 0 Å². The fourth-order valence-electron chi connectivity index (χ4n) is 3.65. The predicted octanol–water partition coefficient (Wildman–Crippen LogP) is 1.39. The van der Waals surface area contributed by atoms with Crippen LogP contribution in [0.1, 0.15) is 71.1 Å². The van der Waals surface area contributed by atoms with Crippen LogP contribution < -0.4 is 16.0 Å². The van der Waals surface area contributed by atoms with Gasteiger partial charge in [-0.1, -0.05) is 38.5 Å². The number of nitrogens with one attached hydrogen (secondary N) is 3. The molecule has 3 N–H and O–H groups in total. The average Bonchev–Trinajstić information content (AvgIpc) is 2.55. The maximum absolute atomic E-state index is 12.8. The van der Waals surface area contributed by atoms with Crippen molar-refractivity contribution in [1.29, 1.82) is 0 Å². The van der Waals surface area contributed by atoms with Gasteiger partial charge in [0.1, 0.15) is 5.54 Å². The van der Waals surface area contributed by atoms with Crippen LogP contribution in [0.5, 0.6) is 0 Å². The Morgan fingerprint density at radius 2 is 1.57 bits per heavy atom. The topological polar surface area (TPSA) is 87.3 Å². The van der Waals surface area contributed by atoms with Crippen LogP contribution in [0.3, 0.4) is 0 Å². The van der Waals surface area contributed by atoms with Crippen molar-refractivity contribution in [1.82, 2.24) is 16.0 Å². The molecule has 0 aromatic rings. The number of amides is 3. The fraction of sp³-hybridized carbons (Fsp3) is 0.824. The van der Waals surface area contributed by atoms with Crippen LogP contribution in [0.15, 0.2) is 0 Å². The third-order valence-electron chi connectivity index (χ3n) is 4.96. The monoisotopic (exact) mass is 323 g/mol. The first-order chi connectivity index (χ1) is 11.0. The van der Waals surface area contributed by atoms with E-state index in [4.69, 9.17) is 0 Å². The van der Waals surface area contributed by atoms with Crippen molar-refractivity contribution in [3.63, 3.8) is 0 Å². The Labute approximate surface area is 138 Å². The van der Waals surface area contributed by atoms with E-state index in [1.807, 2.05) is 0 Å². The Morgan fingerprint density at radius 1 is 0.957 bits per heavy atom. The lowest BCUT2D eigenvalue weighted by atomic mass is 9.80. The number of hydrogen-bond acceptors (Lipinski definition) is 3. The summed E-state index contributed by atoms with van der Waals surface area (Å²) in [4.78, 5) is 35.9. The zero-order valence-electron chi connectivity index (χ0n) is 14.1. The summed E-state index contributed by atoms with van der Waals surface area (Å²) < 4.78 is 0. The summed E-state index contributed by atoms with van der Waals surface area (Å²) in [7, 11) is 0. The molecule has 0 unspecified atom stereocenters. The Kier molecular flexibility index (Phi) is 6.42. The van der Waals surface area contributed by atoms with Gasteiger partial charge in [-0.2, -0.15) is 0 Å². The van der Waals surface area contributed by atoms with Gasteiger partial charge in [0.15, 0.2) is 0 Å². The molecule has 0 spiro atoms. The molecule has 0 bridgehead atoms. The maximum Gasteiger partial charge on any atom is 0.245 e. The molecule has 23 heavy (non-hydrogen) atoms. The molecule has 0 aromatic carbocycles. The minimum Gasteiger partial charge on any atom is -0.351 e. The zero-order valence-corrected chi connectivity index (χ0v) is 14.1. The van der Waals surface area contributed by atoms with Gasteiger partial charge in [-0.05, 0) is 25.7 Å². The molecular weight excluding hydrogens is 294 g/mol. The highest BCUT2D eigenvalue weighted by Crippen LogP contribution is 2.29. The Hall–Kier alpha value is -1.59. The van der Waals surface area contributed by atoms with Gasteiger partial charge in [-0.15, -0.1) is 0 Å². The second-order valence-electron chi connectivity index (χ2n) is 6.91. The van der Waals surface area contributed by atoms with Crippen LogP contribution >= 0.6 is 0 Å². The first-order valence-electron chi connectivity index (χ1n) is 8.88. The first kappa shape index (κ1) is 17.8. The quantitative estimate of drug-likeness (QED) is 0.714. The highest BCUT2D eigenvalue weighted by atomic mass is 16.2. The van der Waals surface area contributed by atoms with E-state index in [1.165, 1.54) is 13.3 Å². The molecule has 0 atom stereocenters. The van der Waals surface area contributed by atoms with E-state index in [9.17, 15) is 14.4 Å². The normalized spacial score (nSPS) is 21.3. The molecule has 0 aliphatic heterocycles. The predicted molar refractivity (Wildman–Crippen MR) is 87.7 cm³/mol. The van der Waals surface area contributed by atoms with Crippen molar-refractivity contribution in [2.45, 2.75) is 82.7 Å². The van der Waals surface area contributed by atoms with Gasteiger partial charge in [0, 0.05) is 13.0 Å². The van der Waals surface area contributed by atoms with E-state index in [0.29, 0.717) is 12.8 Å². The van der Waals surface area contributed by atoms with Gasteiger partial charge < -0.3 is 16.0 Å². The number of carbonyl (C=O) groups is 3. The highest BCUT2D eigenvalue weighted by Gasteiger charge is 2.41. The summed E-state index contributed by atoms with van der Waals surface area (Å²) in [6, 6.07) is 0.238. The second kappa shape index (κ2) is 8.31. The third-order valence-corrected chi connectivity index (χ3v) is 4.96. The minimum absolute atomic E-state index is 0.0414. The Morgan fingerprint density at radius 3 is 2.17 bits per heavy atom. The summed E-state index contributed by atoms with van der Waals surface area (Å²) in [6.45, 7) is 1.30. The maximum atomic E-state index is 12.8. The van der Waals surface area contributed by atoms with E-state index >= 15 is 0 Å². The van der Waals surface area contributed by atoms with Crippen LogP contribution in [0.2, 0.25) is 0 Å². The molecule has 2 fully saturated rings. The largest absolute Gasteiger partial charge is 0.351 e. The standard InChI is InChI=1S/C17H29N3O3/c1-13(21)18-12-15(22)20-17(10-6-3-7-11-17)16(23)19-14-8-4-2-5-9-14/h14H,2-12H2,1H3,(H,18,21)(H,19,23)(H,20,22). The molecule has 0 saturated heterocycles. The van der Waals surface area contributed by atoms with Crippen molar-refractivity contribution in [2.75, 3.05) is 6.54 Å². The van der Waals surface area contributed by atoms with Gasteiger partial charge in [0.25, 0.3) is 0 Å². The SMILES string of the molecule is CC(=O)NCC(=O)NC1(C(=O)NC2CCCCC2)CCCCC1. The van der Waals surface area contributed by atoms with Gasteiger partial charge in [-0.3, -0.25) is 14.4 Å². The summed E-state index contributed by atoms with van der Waals surface area (Å²) >= 11 is 0. The van der Waals surface area contributed by atoms with Crippen molar-refractivity contribution >= 4 is 17.7 Å². The highest BCUT2D eigenvalue weighted by molar-refractivity contribution is 5.93. The van der Waals surface area contributed by atoms with Crippen LogP contribution in [0, 0.1) is 0 Å². The summed E-state index contributed by atoms with van der Waals surface area (Å²) in [5.74, 6) is -0.578. The molecule has 6 heteroatoms. The molecule has 0 radical (unpaired) electrons. The lowest BCUT2D eigenvalue weighted by Crippen LogP contribution is -2.62. The molecule has 130 valence electrons. The molecule has 2 aliphatic carbocycles. The van der Waals surface area contributed by atoms with Crippen LogP contribution in [-0.2, 0) is 14.4 Å². The second-order valence-corrected chi connectivity index (χ2v) is 6.91. The molecule has 2 saturated carbocycles. The fourth-order valence-corrected chi connectivity index (χ4v) is 3.65. The van der Waals surface area contributed by atoms with E-state index < -0.39 is 5.54 Å². The average molecular weight is 323 g/mol. The lowest BCUT2D eigenvalue weighted by molar-refractivity contribution is -0.135. The summed E-state index contributed by atoms with van der Waals surface area (Å²) in [5, 5.41) is 8.56. The minimum atomic E-state index is -0.800. The van der Waals surface area contributed by atoms with E-state index in [2.05, 4.69) is 16.0 Å². The molecule has 3 amide bonds. The van der Waals surface area contributed by atoms with Crippen molar-refractivity contribution in [2.24, 2.45) is 0 Å². The van der Waals surface area contributed by atoms with Crippen molar-refractivity contribution in [3.05, 3.63) is 0 Å². The zero-order chi connectivity index (χ0) is 16.7. The molecule has 6 nitrogen and oxygen atoms in total. The van der Waals surface area contributed by atoms with Gasteiger partial charge >= 0.3 is 0 Å². The molecule has 0 heterocycles. The summed E-state index contributed by atoms with van der Waals surface area (Å²) in [5.41, 5.74) is -0.800. The van der Waals surface area contributed by atoms with Crippen LogP contribution in [0.25, 0.3) is 0 Å². The van der Waals surface area contributed by atoms with E-state index in [-0.39, 0.29) is 30.3 Å². The van der Waals surface area contributed by atoms with Gasteiger partial charge in [0.05, 0.1) is 6.54 Å². The van der Waals surface area contributed by atoms with Crippen molar-refractivity contribution < 1.29 is 14.4 Å². The molecule has 2 rings (SSSR count). The molecule has 0 aromatic heterocycles. The molecular formula is C17H29N3O3.